The summed E-state index contributed by atoms with van der Waals surface area (Å²) in [4.78, 5) is 18.7. The first kappa shape index (κ1) is 17.0. The van der Waals surface area contributed by atoms with E-state index in [2.05, 4.69) is 20.9 Å². The Kier molecular flexibility index (Phi) is 4.67. The zero-order valence-electron chi connectivity index (χ0n) is 14.1. The molecule has 128 valence electrons. The molecule has 24 heavy (non-hydrogen) atoms. The molecule has 1 aromatic heterocycles. The van der Waals surface area contributed by atoms with E-state index in [0.29, 0.717) is 12.4 Å². The Hall–Kier alpha value is -1.82. The highest BCUT2D eigenvalue weighted by Crippen LogP contribution is 2.35. The van der Waals surface area contributed by atoms with Crippen LogP contribution in [0.5, 0.6) is 0 Å². The van der Waals surface area contributed by atoms with Crippen molar-refractivity contribution in [3.8, 4) is 11.3 Å². The SMILES string of the molecule is CC(C)(C)OC(=O)N1CCCC1c1nc(-c2ccccc2Br)co1. The Morgan fingerprint density at radius 3 is 2.83 bits per heavy atom. The van der Waals surface area contributed by atoms with Crippen molar-refractivity contribution in [2.45, 2.75) is 45.3 Å². The molecule has 5 nitrogen and oxygen atoms in total. The second-order valence-corrected chi connectivity index (χ2v) is 7.74. The van der Waals surface area contributed by atoms with Gasteiger partial charge in [0, 0.05) is 16.6 Å². The molecule has 0 spiro atoms. The summed E-state index contributed by atoms with van der Waals surface area (Å²) in [5.41, 5.74) is 1.21. The minimum absolute atomic E-state index is 0.170. The van der Waals surface area contributed by atoms with Gasteiger partial charge in [-0.05, 0) is 39.7 Å². The minimum Gasteiger partial charge on any atom is -0.446 e. The number of likely N-dealkylation sites (tertiary alicyclic amines) is 1. The maximum Gasteiger partial charge on any atom is 0.410 e. The normalized spacial score (nSPS) is 18.0. The van der Waals surface area contributed by atoms with E-state index < -0.39 is 5.60 Å². The maximum absolute atomic E-state index is 12.4. The molecule has 1 aromatic carbocycles. The Morgan fingerprint density at radius 2 is 2.12 bits per heavy atom. The number of nitrogens with zero attached hydrogens (tertiary/aromatic N) is 2. The van der Waals surface area contributed by atoms with Crippen molar-refractivity contribution in [2.75, 3.05) is 6.54 Å². The lowest BCUT2D eigenvalue weighted by atomic mass is 10.2. The van der Waals surface area contributed by atoms with Gasteiger partial charge in [0.1, 0.15) is 23.6 Å². The Balaban J connectivity index is 1.81. The molecular formula is C18H21BrN2O3. The first-order chi connectivity index (χ1) is 11.3. The second-order valence-electron chi connectivity index (χ2n) is 6.88. The smallest absolute Gasteiger partial charge is 0.410 e. The largest absolute Gasteiger partial charge is 0.446 e. The first-order valence-electron chi connectivity index (χ1n) is 8.05. The van der Waals surface area contributed by atoms with Gasteiger partial charge in [-0.1, -0.05) is 34.1 Å². The molecule has 1 unspecified atom stereocenters. The van der Waals surface area contributed by atoms with Crippen LogP contribution in [0, 0.1) is 0 Å². The molecular weight excluding hydrogens is 372 g/mol. The van der Waals surface area contributed by atoms with Gasteiger partial charge in [-0.2, -0.15) is 0 Å². The molecule has 0 bridgehead atoms. The molecule has 0 aliphatic carbocycles. The van der Waals surface area contributed by atoms with Crippen LogP contribution in [0.3, 0.4) is 0 Å². The van der Waals surface area contributed by atoms with Crippen molar-refractivity contribution < 1.29 is 13.9 Å². The van der Waals surface area contributed by atoms with E-state index in [1.807, 2.05) is 45.0 Å². The van der Waals surface area contributed by atoms with E-state index in [1.165, 1.54) is 0 Å². The van der Waals surface area contributed by atoms with Crippen molar-refractivity contribution >= 4 is 22.0 Å². The highest BCUT2D eigenvalue weighted by atomic mass is 79.9. The van der Waals surface area contributed by atoms with E-state index >= 15 is 0 Å². The summed E-state index contributed by atoms with van der Waals surface area (Å²) in [6.07, 6.45) is 3.07. The van der Waals surface area contributed by atoms with E-state index in [4.69, 9.17) is 9.15 Å². The summed E-state index contributed by atoms with van der Waals surface area (Å²) in [5.74, 6) is 0.559. The van der Waals surface area contributed by atoms with Crippen LogP contribution < -0.4 is 0 Å². The molecule has 0 saturated carbocycles. The van der Waals surface area contributed by atoms with Gasteiger partial charge in [0.05, 0.1) is 0 Å². The quantitative estimate of drug-likeness (QED) is 0.706. The van der Waals surface area contributed by atoms with Crippen molar-refractivity contribution in [2.24, 2.45) is 0 Å². The summed E-state index contributed by atoms with van der Waals surface area (Å²) in [5, 5.41) is 0. The monoisotopic (exact) mass is 392 g/mol. The van der Waals surface area contributed by atoms with E-state index in [-0.39, 0.29) is 12.1 Å². The molecule has 1 aliphatic heterocycles. The number of rotatable bonds is 2. The lowest BCUT2D eigenvalue weighted by molar-refractivity contribution is 0.0204. The number of carbonyl (C=O) groups excluding carboxylic acids is 1. The number of benzene rings is 1. The average Bonchev–Trinajstić information content (AvgIpc) is 3.14. The van der Waals surface area contributed by atoms with Crippen LogP contribution in [-0.2, 0) is 4.74 Å². The van der Waals surface area contributed by atoms with Gasteiger partial charge >= 0.3 is 6.09 Å². The van der Waals surface area contributed by atoms with Crippen molar-refractivity contribution in [3.05, 3.63) is 40.9 Å². The molecule has 0 N–H and O–H groups in total. The van der Waals surface area contributed by atoms with Crippen LogP contribution in [0.1, 0.15) is 45.5 Å². The number of aromatic nitrogens is 1. The van der Waals surface area contributed by atoms with Crippen LogP contribution >= 0.6 is 15.9 Å². The number of oxazole rings is 1. The number of hydrogen-bond acceptors (Lipinski definition) is 4. The first-order valence-corrected chi connectivity index (χ1v) is 8.84. The van der Waals surface area contributed by atoms with Crippen molar-refractivity contribution in [1.29, 1.82) is 0 Å². The van der Waals surface area contributed by atoms with Gasteiger partial charge in [-0.25, -0.2) is 9.78 Å². The van der Waals surface area contributed by atoms with Crippen LogP contribution in [0.4, 0.5) is 4.79 Å². The predicted octanol–water partition coefficient (Wildman–Crippen LogP) is 5.18. The fourth-order valence-electron chi connectivity index (χ4n) is 2.80. The molecule has 2 aromatic rings. The number of amides is 1. The molecule has 1 saturated heterocycles. The van der Waals surface area contributed by atoms with Crippen molar-refractivity contribution in [1.82, 2.24) is 9.88 Å². The van der Waals surface area contributed by atoms with Crippen molar-refractivity contribution in [3.63, 3.8) is 0 Å². The van der Waals surface area contributed by atoms with Gasteiger partial charge in [0.25, 0.3) is 0 Å². The maximum atomic E-state index is 12.4. The van der Waals surface area contributed by atoms with Crippen LogP contribution in [0.2, 0.25) is 0 Å². The van der Waals surface area contributed by atoms with Gasteiger partial charge in [-0.15, -0.1) is 0 Å². The molecule has 3 rings (SSSR count). The highest BCUT2D eigenvalue weighted by molar-refractivity contribution is 9.10. The van der Waals surface area contributed by atoms with Crippen LogP contribution in [0.25, 0.3) is 11.3 Å². The average molecular weight is 393 g/mol. The van der Waals surface area contributed by atoms with Crippen LogP contribution in [-0.4, -0.2) is 28.1 Å². The van der Waals surface area contributed by atoms with Gasteiger partial charge < -0.3 is 9.15 Å². The summed E-state index contributed by atoms with van der Waals surface area (Å²) < 4.78 is 12.1. The van der Waals surface area contributed by atoms with E-state index in [1.54, 1.807) is 11.2 Å². The molecule has 1 amide bonds. The molecule has 1 fully saturated rings. The fourth-order valence-corrected chi connectivity index (χ4v) is 3.28. The Bertz CT molecular complexity index is 736. The summed E-state index contributed by atoms with van der Waals surface area (Å²) in [7, 11) is 0. The second kappa shape index (κ2) is 6.59. The predicted molar refractivity (Wildman–Crippen MR) is 94.6 cm³/mol. The number of halogens is 1. The standard InChI is InChI=1S/C18H21BrN2O3/c1-18(2,3)24-17(22)21-10-6-9-15(21)16-20-14(11-23-16)12-7-4-5-8-13(12)19/h4-5,7-8,11,15H,6,9-10H2,1-3H3. The van der Waals surface area contributed by atoms with Gasteiger partial charge in [0.2, 0.25) is 5.89 Å². The molecule has 1 aliphatic rings. The van der Waals surface area contributed by atoms with E-state index in [9.17, 15) is 4.79 Å². The third-order valence-electron chi connectivity index (χ3n) is 3.84. The minimum atomic E-state index is -0.513. The van der Waals surface area contributed by atoms with Gasteiger partial charge in [-0.3, -0.25) is 4.90 Å². The zero-order valence-corrected chi connectivity index (χ0v) is 15.7. The van der Waals surface area contributed by atoms with Crippen LogP contribution in [0.15, 0.2) is 39.4 Å². The third-order valence-corrected chi connectivity index (χ3v) is 4.53. The number of hydrogen-bond donors (Lipinski definition) is 0. The lowest BCUT2D eigenvalue weighted by Gasteiger charge is -2.27. The summed E-state index contributed by atoms with van der Waals surface area (Å²) >= 11 is 3.53. The topological polar surface area (TPSA) is 55.6 Å². The molecule has 2 heterocycles. The number of carbonyl (C=O) groups is 1. The summed E-state index contributed by atoms with van der Waals surface area (Å²) in [6, 6.07) is 7.68. The highest BCUT2D eigenvalue weighted by Gasteiger charge is 2.36. The van der Waals surface area contributed by atoms with E-state index in [0.717, 1.165) is 28.6 Å². The Morgan fingerprint density at radius 1 is 1.38 bits per heavy atom. The zero-order chi connectivity index (χ0) is 17.3. The van der Waals surface area contributed by atoms with Gasteiger partial charge in [0.15, 0.2) is 0 Å². The molecule has 6 heteroatoms. The fraction of sp³-hybridized carbons (Fsp3) is 0.444. The molecule has 0 radical (unpaired) electrons. The Labute approximate surface area is 150 Å². The lowest BCUT2D eigenvalue weighted by Crippen LogP contribution is -2.36. The third kappa shape index (κ3) is 3.64. The summed E-state index contributed by atoms with van der Waals surface area (Å²) in [6.45, 7) is 6.26. The molecule has 1 atom stereocenters. The number of ether oxygens (including phenoxy) is 1.